The molecular weight excluding hydrogens is 422 g/mol. The number of allylic oxidation sites excluding steroid dienone is 1. The van der Waals surface area contributed by atoms with Gasteiger partial charge in [-0.25, -0.2) is 0 Å². The molecule has 1 aliphatic rings. The molecule has 2 aromatic rings. The van der Waals surface area contributed by atoms with Gasteiger partial charge in [-0.3, -0.25) is 4.79 Å². The largest absolute Gasteiger partial charge is 0.496 e. The molecule has 0 unspecified atom stereocenters. The van der Waals surface area contributed by atoms with Crippen LogP contribution >= 0.6 is 0 Å². The summed E-state index contributed by atoms with van der Waals surface area (Å²) in [6, 6.07) is 9.32. The van der Waals surface area contributed by atoms with Crippen LogP contribution in [-0.4, -0.2) is 58.9 Å². The topological polar surface area (TPSA) is 66.5 Å². The average molecular weight is 454 g/mol. The monoisotopic (exact) mass is 453 g/mol. The summed E-state index contributed by atoms with van der Waals surface area (Å²) in [7, 11) is 6.42. The Labute approximate surface area is 195 Å². The SMILES string of the molecule is C=CCc1ccc(OCC(=O)N2CC=C(c3c(OC)cc(OC)cc3OC)CC2)c(OC)c1. The Morgan fingerprint density at radius 2 is 1.67 bits per heavy atom. The molecule has 0 aliphatic carbocycles. The maximum atomic E-state index is 12.8. The molecule has 0 saturated heterocycles. The maximum absolute atomic E-state index is 12.8. The Bertz CT molecular complexity index is 1000. The first kappa shape index (κ1) is 24.0. The molecule has 0 aromatic heterocycles. The Hall–Kier alpha value is -3.61. The molecule has 0 fully saturated rings. The van der Waals surface area contributed by atoms with Crippen molar-refractivity contribution in [1.29, 1.82) is 0 Å². The van der Waals surface area contributed by atoms with Gasteiger partial charge in [-0.05, 0) is 36.1 Å². The van der Waals surface area contributed by atoms with Crippen molar-refractivity contribution in [2.24, 2.45) is 0 Å². The molecule has 1 heterocycles. The molecule has 2 aromatic carbocycles. The molecule has 1 amide bonds. The minimum absolute atomic E-state index is 0.0600. The van der Waals surface area contributed by atoms with Crippen LogP contribution in [0.5, 0.6) is 28.7 Å². The lowest BCUT2D eigenvalue weighted by Gasteiger charge is -2.28. The molecule has 0 radical (unpaired) electrons. The Kier molecular flexibility index (Phi) is 8.24. The maximum Gasteiger partial charge on any atom is 0.260 e. The van der Waals surface area contributed by atoms with Gasteiger partial charge in [0.25, 0.3) is 5.91 Å². The first-order valence-corrected chi connectivity index (χ1v) is 10.7. The lowest BCUT2D eigenvalue weighted by atomic mass is 9.97. The summed E-state index contributed by atoms with van der Waals surface area (Å²) in [6.07, 6.45) is 5.26. The van der Waals surface area contributed by atoms with Crippen LogP contribution in [-0.2, 0) is 11.2 Å². The van der Waals surface area contributed by atoms with Gasteiger partial charge in [0.15, 0.2) is 18.1 Å². The minimum atomic E-state index is -0.0869. The molecule has 176 valence electrons. The number of methoxy groups -OCH3 is 4. The van der Waals surface area contributed by atoms with Crippen LogP contribution in [0.15, 0.2) is 49.1 Å². The van der Waals surface area contributed by atoms with E-state index in [1.807, 2.05) is 42.5 Å². The number of nitrogens with zero attached hydrogens (tertiary/aromatic N) is 1. The highest BCUT2D eigenvalue weighted by Gasteiger charge is 2.23. The van der Waals surface area contributed by atoms with E-state index in [2.05, 4.69) is 6.58 Å². The zero-order valence-electron chi connectivity index (χ0n) is 19.7. The van der Waals surface area contributed by atoms with E-state index >= 15 is 0 Å². The fourth-order valence-corrected chi connectivity index (χ4v) is 3.80. The predicted molar refractivity (Wildman–Crippen MR) is 128 cm³/mol. The fourth-order valence-electron chi connectivity index (χ4n) is 3.80. The third-order valence-electron chi connectivity index (χ3n) is 5.56. The molecule has 3 rings (SSSR count). The van der Waals surface area contributed by atoms with Crippen molar-refractivity contribution in [3.05, 3.63) is 60.2 Å². The van der Waals surface area contributed by atoms with E-state index in [1.165, 1.54) is 0 Å². The second-order valence-corrected chi connectivity index (χ2v) is 7.49. The number of amides is 1. The highest BCUT2D eigenvalue weighted by Crippen LogP contribution is 2.40. The molecule has 0 bridgehead atoms. The van der Waals surface area contributed by atoms with Crippen LogP contribution in [0.3, 0.4) is 0 Å². The molecule has 33 heavy (non-hydrogen) atoms. The van der Waals surface area contributed by atoms with E-state index in [-0.39, 0.29) is 12.5 Å². The summed E-state index contributed by atoms with van der Waals surface area (Å²) in [5.74, 6) is 3.06. The van der Waals surface area contributed by atoms with E-state index in [9.17, 15) is 4.79 Å². The number of benzene rings is 2. The van der Waals surface area contributed by atoms with Crippen LogP contribution in [0, 0.1) is 0 Å². The van der Waals surface area contributed by atoms with Gasteiger partial charge in [0.05, 0.1) is 34.0 Å². The van der Waals surface area contributed by atoms with Crippen molar-refractivity contribution in [1.82, 2.24) is 4.90 Å². The molecular formula is C26H31NO6. The smallest absolute Gasteiger partial charge is 0.260 e. The van der Waals surface area contributed by atoms with Gasteiger partial charge >= 0.3 is 0 Å². The normalized spacial score (nSPS) is 13.1. The minimum Gasteiger partial charge on any atom is -0.496 e. The quantitative estimate of drug-likeness (QED) is 0.504. The van der Waals surface area contributed by atoms with Crippen molar-refractivity contribution < 1.29 is 28.5 Å². The highest BCUT2D eigenvalue weighted by molar-refractivity contribution is 5.82. The van der Waals surface area contributed by atoms with Crippen molar-refractivity contribution in [3.63, 3.8) is 0 Å². The second-order valence-electron chi connectivity index (χ2n) is 7.49. The van der Waals surface area contributed by atoms with E-state index < -0.39 is 0 Å². The zero-order chi connectivity index (χ0) is 23.8. The zero-order valence-corrected chi connectivity index (χ0v) is 19.7. The average Bonchev–Trinajstić information content (AvgIpc) is 2.86. The predicted octanol–water partition coefficient (Wildman–Crippen LogP) is 4.14. The van der Waals surface area contributed by atoms with Gasteiger partial charge in [0.1, 0.15) is 17.2 Å². The molecule has 0 saturated carbocycles. The molecule has 0 spiro atoms. The lowest BCUT2D eigenvalue weighted by molar-refractivity contribution is -0.132. The van der Waals surface area contributed by atoms with Gasteiger partial charge in [0, 0.05) is 25.2 Å². The molecule has 1 aliphatic heterocycles. The van der Waals surface area contributed by atoms with Crippen LogP contribution in [0.4, 0.5) is 0 Å². The van der Waals surface area contributed by atoms with Crippen molar-refractivity contribution in [2.45, 2.75) is 12.8 Å². The van der Waals surface area contributed by atoms with E-state index in [1.54, 1.807) is 33.3 Å². The van der Waals surface area contributed by atoms with Gasteiger partial charge < -0.3 is 28.6 Å². The standard InChI is InChI=1S/C26H31NO6/c1-6-7-18-8-9-21(22(14-18)30-3)33-17-25(28)27-12-10-19(11-13-27)26-23(31-4)15-20(29-2)16-24(26)32-5/h6,8-10,14-16H,1,7,11-13,17H2,2-5H3. The van der Waals surface area contributed by atoms with Gasteiger partial charge in [-0.15, -0.1) is 6.58 Å². The number of carbonyl (C=O) groups is 1. The van der Waals surface area contributed by atoms with Crippen LogP contribution in [0.2, 0.25) is 0 Å². The van der Waals surface area contributed by atoms with Gasteiger partial charge in [-0.2, -0.15) is 0 Å². The Morgan fingerprint density at radius 1 is 0.970 bits per heavy atom. The van der Waals surface area contributed by atoms with Crippen molar-refractivity contribution >= 4 is 11.5 Å². The number of carbonyl (C=O) groups excluding carboxylic acids is 1. The third kappa shape index (κ3) is 5.61. The highest BCUT2D eigenvalue weighted by atomic mass is 16.5. The Morgan fingerprint density at radius 3 is 2.21 bits per heavy atom. The third-order valence-corrected chi connectivity index (χ3v) is 5.56. The van der Waals surface area contributed by atoms with Crippen LogP contribution in [0.25, 0.3) is 5.57 Å². The number of hydrogen-bond acceptors (Lipinski definition) is 6. The number of rotatable bonds is 10. The summed E-state index contributed by atoms with van der Waals surface area (Å²) in [6.45, 7) is 4.74. The first-order valence-electron chi connectivity index (χ1n) is 10.7. The summed E-state index contributed by atoms with van der Waals surface area (Å²) in [5.41, 5.74) is 3.02. The van der Waals surface area contributed by atoms with E-state index in [0.717, 1.165) is 23.1 Å². The van der Waals surface area contributed by atoms with Crippen LogP contribution < -0.4 is 23.7 Å². The van der Waals surface area contributed by atoms with Crippen molar-refractivity contribution in [2.75, 3.05) is 48.1 Å². The van der Waals surface area contributed by atoms with Crippen molar-refractivity contribution in [3.8, 4) is 28.7 Å². The van der Waals surface area contributed by atoms with E-state index in [4.69, 9.17) is 23.7 Å². The molecule has 7 nitrogen and oxygen atoms in total. The number of hydrogen-bond donors (Lipinski definition) is 0. The van der Waals surface area contributed by atoms with Gasteiger partial charge in [-0.1, -0.05) is 18.2 Å². The first-order chi connectivity index (χ1) is 16.0. The molecule has 7 heteroatoms. The van der Waals surface area contributed by atoms with Crippen LogP contribution in [0.1, 0.15) is 17.5 Å². The van der Waals surface area contributed by atoms with E-state index in [0.29, 0.717) is 48.3 Å². The molecule has 0 atom stereocenters. The summed E-state index contributed by atoms with van der Waals surface area (Å²) in [5, 5.41) is 0. The fraction of sp³-hybridized carbons (Fsp3) is 0.346. The number of ether oxygens (including phenoxy) is 5. The summed E-state index contributed by atoms with van der Waals surface area (Å²) in [4.78, 5) is 14.5. The van der Waals surface area contributed by atoms with Gasteiger partial charge in [0.2, 0.25) is 0 Å². The second kappa shape index (κ2) is 11.3. The summed E-state index contributed by atoms with van der Waals surface area (Å²) < 4.78 is 27.6. The Balaban J connectivity index is 1.68. The molecule has 0 N–H and O–H groups in total. The lowest BCUT2D eigenvalue weighted by Crippen LogP contribution is -2.37. The summed E-state index contributed by atoms with van der Waals surface area (Å²) >= 11 is 0.